The van der Waals surface area contributed by atoms with Gasteiger partial charge in [-0.05, 0) is 42.1 Å². The van der Waals surface area contributed by atoms with Gasteiger partial charge in [-0.2, -0.15) is 0 Å². The Hall–Kier alpha value is -2.14. The lowest BCUT2D eigenvalue weighted by Gasteiger charge is -2.07. The van der Waals surface area contributed by atoms with E-state index < -0.39 is 5.97 Å². The van der Waals surface area contributed by atoms with Crippen molar-refractivity contribution in [2.45, 2.75) is 13.3 Å². The fourth-order valence-electron chi connectivity index (χ4n) is 1.76. The molecule has 1 heterocycles. The highest BCUT2D eigenvalue weighted by atomic mass is 32.1. The standard InChI is InChI=1S/C14H13NO3S/c1-9-7-10(4-5-12(9)14(17)18)15-13(16)8-11-3-2-6-19-11/h2-7H,8H2,1H3,(H,15,16)(H,17,18). The molecule has 0 unspecified atom stereocenters. The van der Waals surface area contributed by atoms with Crippen LogP contribution in [0.3, 0.4) is 0 Å². The van der Waals surface area contributed by atoms with E-state index in [-0.39, 0.29) is 11.5 Å². The number of nitrogens with one attached hydrogen (secondary N) is 1. The molecular weight excluding hydrogens is 262 g/mol. The number of carboxylic acid groups (broad SMARTS) is 1. The van der Waals surface area contributed by atoms with Crippen LogP contribution in [0.4, 0.5) is 5.69 Å². The van der Waals surface area contributed by atoms with Gasteiger partial charge in [-0.15, -0.1) is 11.3 Å². The molecule has 0 bridgehead atoms. The van der Waals surface area contributed by atoms with E-state index in [1.807, 2.05) is 17.5 Å². The smallest absolute Gasteiger partial charge is 0.335 e. The zero-order valence-electron chi connectivity index (χ0n) is 10.3. The topological polar surface area (TPSA) is 66.4 Å². The maximum Gasteiger partial charge on any atom is 0.335 e. The van der Waals surface area contributed by atoms with Crippen LogP contribution in [-0.2, 0) is 11.2 Å². The molecule has 19 heavy (non-hydrogen) atoms. The summed E-state index contributed by atoms with van der Waals surface area (Å²) >= 11 is 1.53. The number of carbonyl (C=O) groups excluding carboxylic acids is 1. The van der Waals surface area contributed by atoms with Crippen LogP contribution in [0, 0.1) is 6.92 Å². The van der Waals surface area contributed by atoms with Crippen molar-refractivity contribution in [3.8, 4) is 0 Å². The normalized spacial score (nSPS) is 10.2. The van der Waals surface area contributed by atoms with Gasteiger partial charge in [0.05, 0.1) is 12.0 Å². The maximum atomic E-state index is 11.8. The van der Waals surface area contributed by atoms with Gasteiger partial charge in [0.15, 0.2) is 0 Å². The van der Waals surface area contributed by atoms with E-state index in [2.05, 4.69) is 5.32 Å². The lowest BCUT2D eigenvalue weighted by atomic mass is 10.1. The van der Waals surface area contributed by atoms with Gasteiger partial charge in [0.2, 0.25) is 5.91 Å². The van der Waals surface area contributed by atoms with Crippen molar-refractivity contribution in [2.24, 2.45) is 0 Å². The Morgan fingerprint density at radius 1 is 1.32 bits per heavy atom. The van der Waals surface area contributed by atoms with Crippen LogP contribution in [0.1, 0.15) is 20.8 Å². The predicted molar refractivity (Wildman–Crippen MR) is 74.8 cm³/mol. The van der Waals surface area contributed by atoms with Crippen LogP contribution in [0.25, 0.3) is 0 Å². The molecule has 0 atom stereocenters. The Kier molecular flexibility index (Phi) is 3.97. The van der Waals surface area contributed by atoms with Gasteiger partial charge in [-0.25, -0.2) is 4.79 Å². The highest BCUT2D eigenvalue weighted by molar-refractivity contribution is 7.10. The number of aromatic carboxylic acids is 1. The second-order valence-electron chi connectivity index (χ2n) is 4.14. The second kappa shape index (κ2) is 5.67. The lowest BCUT2D eigenvalue weighted by Crippen LogP contribution is -2.14. The molecule has 4 nitrogen and oxygen atoms in total. The minimum atomic E-state index is -0.964. The summed E-state index contributed by atoms with van der Waals surface area (Å²) in [5, 5.41) is 13.6. The van der Waals surface area contributed by atoms with E-state index in [0.29, 0.717) is 17.7 Å². The fourth-order valence-corrected chi connectivity index (χ4v) is 2.46. The van der Waals surface area contributed by atoms with E-state index >= 15 is 0 Å². The Balaban J connectivity index is 2.05. The summed E-state index contributed by atoms with van der Waals surface area (Å²) in [5.74, 6) is -1.07. The average molecular weight is 275 g/mol. The zero-order chi connectivity index (χ0) is 13.8. The van der Waals surface area contributed by atoms with E-state index in [0.717, 1.165) is 4.88 Å². The first-order valence-electron chi connectivity index (χ1n) is 5.72. The molecule has 0 spiro atoms. The third-order valence-electron chi connectivity index (χ3n) is 2.66. The SMILES string of the molecule is Cc1cc(NC(=O)Cc2cccs2)ccc1C(=O)O. The van der Waals surface area contributed by atoms with E-state index in [1.54, 1.807) is 19.1 Å². The third-order valence-corrected chi connectivity index (χ3v) is 3.53. The van der Waals surface area contributed by atoms with Gasteiger partial charge >= 0.3 is 5.97 Å². The number of amides is 1. The quantitative estimate of drug-likeness (QED) is 0.901. The van der Waals surface area contributed by atoms with Gasteiger partial charge in [0, 0.05) is 10.6 Å². The number of thiophene rings is 1. The molecule has 0 radical (unpaired) electrons. The summed E-state index contributed by atoms with van der Waals surface area (Å²) in [4.78, 5) is 23.7. The molecule has 0 aliphatic carbocycles. The number of anilines is 1. The van der Waals surface area contributed by atoms with Crippen molar-refractivity contribution < 1.29 is 14.7 Å². The van der Waals surface area contributed by atoms with Crippen LogP contribution in [0.5, 0.6) is 0 Å². The summed E-state index contributed by atoms with van der Waals surface area (Å²) in [6, 6.07) is 8.57. The van der Waals surface area contributed by atoms with Crippen LogP contribution >= 0.6 is 11.3 Å². The molecule has 0 saturated carbocycles. The van der Waals surface area contributed by atoms with Crippen molar-refractivity contribution in [3.63, 3.8) is 0 Å². The van der Waals surface area contributed by atoms with E-state index in [1.165, 1.54) is 17.4 Å². The molecule has 0 fully saturated rings. The van der Waals surface area contributed by atoms with E-state index in [4.69, 9.17) is 5.11 Å². The first kappa shape index (κ1) is 13.3. The van der Waals surface area contributed by atoms with E-state index in [9.17, 15) is 9.59 Å². The number of carboxylic acids is 1. The summed E-state index contributed by atoms with van der Waals surface area (Å²) in [5.41, 5.74) is 1.49. The number of carbonyl (C=O) groups is 2. The largest absolute Gasteiger partial charge is 0.478 e. The third kappa shape index (κ3) is 3.42. The summed E-state index contributed by atoms with van der Waals surface area (Å²) < 4.78 is 0. The van der Waals surface area contributed by atoms with Crippen LogP contribution in [0.2, 0.25) is 0 Å². The molecule has 0 saturated heterocycles. The van der Waals surface area contributed by atoms with Crippen LogP contribution in [0.15, 0.2) is 35.7 Å². The number of rotatable bonds is 4. The number of hydrogen-bond acceptors (Lipinski definition) is 3. The predicted octanol–water partition coefficient (Wildman–Crippen LogP) is 2.94. The van der Waals surface area contributed by atoms with Gasteiger partial charge < -0.3 is 10.4 Å². The highest BCUT2D eigenvalue weighted by Gasteiger charge is 2.09. The minimum Gasteiger partial charge on any atom is -0.478 e. The van der Waals surface area contributed by atoms with Crippen molar-refractivity contribution in [1.29, 1.82) is 0 Å². The first-order valence-corrected chi connectivity index (χ1v) is 6.60. The molecule has 1 aromatic carbocycles. The summed E-state index contributed by atoms with van der Waals surface area (Å²) in [6.45, 7) is 1.71. The number of hydrogen-bond donors (Lipinski definition) is 2. The number of aryl methyl sites for hydroxylation is 1. The molecular formula is C14H13NO3S. The summed E-state index contributed by atoms with van der Waals surface area (Å²) in [6.07, 6.45) is 0.331. The first-order chi connectivity index (χ1) is 9.06. The molecule has 0 aliphatic rings. The fraction of sp³-hybridized carbons (Fsp3) is 0.143. The molecule has 1 aromatic heterocycles. The molecule has 1 amide bonds. The van der Waals surface area contributed by atoms with Gasteiger partial charge in [-0.3, -0.25) is 4.79 Å². The van der Waals surface area contributed by atoms with Crippen molar-refractivity contribution in [2.75, 3.05) is 5.32 Å². The average Bonchev–Trinajstić information content (AvgIpc) is 2.81. The summed E-state index contributed by atoms with van der Waals surface area (Å²) in [7, 11) is 0. The Morgan fingerprint density at radius 3 is 2.68 bits per heavy atom. The zero-order valence-corrected chi connectivity index (χ0v) is 11.2. The Morgan fingerprint density at radius 2 is 2.11 bits per heavy atom. The highest BCUT2D eigenvalue weighted by Crippen LogP contribution is 2.16. The van der Waals surface area contributed by atoms with Crippen molar-refractivity contribution in [3.05, 3.63) is 51.7 Å². The number of benzene rings is 1. The molecule has 0 aliphatic heterocycles. The van der Waals surface area contributed by atoms with Gasteiger partial charge in [-0.1, -0.05) is 6.07 Å². The van der Waals surface area contributed by atoms with Gasteiger partial charge in [0.25, 0.3) is 0 Å². The molecule has 2 N–H and O–H groups in total. The molecule has 98 valence electrons. The van der Waals surface area contributed by atoms with Crippen molar-refractivity contribution >= 4 is 28.9 Å². The van der Waals surface area contributed by atoms with Gasteiger partial charge in [0.1, 0.15) is 0 Å². The van der Waals surface area contributed by atoms with Crippen LogP contribution in [-0.4, -0.2) is 17.0 Å². The monoisotopic (exact) mass is 275 g/mol. The Bertz CT molecular complexity index is 605. The lowest BCUT2D eigenvalue weighted by molar-refractivity contribution is -0.115. The molecule has 2 rings (SSSR count). The molecule has 5 heteroatoms. The maximum absolute atomic E-state index is 11.8. The second-order valence-corrected chi connectivity index (χ2v) is 5.17. The van der Waals surface area contributed by atoms with Crippen LogP contribution < -0.4 is 5.32 Å². The van der Waals surface area contributed by atoms with Crippen molar-refractivity contribution in [1.82, 2.24) is 0 Å². The Labute approximate surface area is 114 Å². The minimum absolute atomic E-state index is 0.107. The molecule has 2 aromatic rings.